The van der Waals surface area contributed by atoms with Crippen molar-refractivity contribution >= 4 is 20.2 Å². The van der Waals surface area contributed by atoms with Crippen LogP contribution in [0.2, 0.25) is 0 Å². The average Bonchev–Trinajstić information content (AvgIpc) is 2.56. The fraction of sp³-hybridized carbons (Fsp3) is 0.294. The van der Waals surface area contributed by atoms with Crippen LogP contribution in [0, 0.1) is 13.8 Å². The van der Waals surface area contributed by atoms with Gasteiger partial charge in [0, 0.05) is 6.54 Å². The van der Waals surface area contributed by atoms with Gasteiger partial charge in [-0.3, -0.25) is 20.4 Å². The summed E-state index contributed by atoms with van der Waals surface area (Å²) in [5.41, 5.74) is 4.43. The lowest BCUT2D eigenvalue weighted by molar-refractivity contribution is 0.481. The van der Waals surface area contributed by atoms with Gasteiger partial charge in [-0.2, -0.15) is 16.8 Å². The highest BCUT2D eigenvalue weighted by Gasteiger charge is 2.07. The number of nitrogens with one attached hydrogen (secondary N) is 1. The van der Waals surface area contributed by atoms with Crippen LogP contribution in [-0.4, -0.2) is 32.5 Å². The molecule has 10 heteroatoms. The Morgan fingerprint density at radius 2 is 1.07 bits per heavy atom. The Morgan fingerprint density at radius 3 is 1.22 bits per heavy atom. The number of rotatable bonds is 4. The molecule has 0 saturated heterocycles. The van der Waals surface area contributed by atoms with E-state index in [-0.39, 0.29) is 9.79 Å². The smallest absolute Gasteiger partial charge is 0.282 e. The molecule has 2 aromatic carbocycles. The second-order valence-electron chi connectivity index (χ2n) is 5.53. The van der Waals surface area contributed by atoms with Gasteiger partial charge in [0.05, 0.1) is 9.79 Å². The third-order valence-corrected chi connectivity index (χ3v) is 4.77. The molecule has 0 fully saturated rings. The van der Waals surface area contributed by atoms with Gasteiger partial charge in [-0.05, 0) is 44.5 Å². The lowest BCUT2D eigenvalue weighted by Gasteiger charge is -1.95. The first kappa shape index (κ1) is 25.2. The van der Waals surface area contributed by atoms with Crippen LogP contribution in [-0.2, 0) is 20.2 Å². The molecule has 0 radical (unpaired) electrons. The van der Waals surface area contributed by atoms with Crippen LogP contribution < -0.4 is 11.3 Å². The van der Waals surface area contributed by atoms with Crippen molar-refractivity contribution in [1.29, 1.82) is 0 Å². The van der Waals surface area contributed by atoms with Crippen molar-refractivity contribution in [3.8, 4) is 0 Å². The number of benzene rings is 2. The maximum Gasteiger partial charge on any atom is 0.294 e. The Bertz CT molecular complexity index is 803. The Labute approximate surface area is 160 Å². The second-order valence-corrected chi connectivity index (χ2v) is 8.37. The normalized spacial score (nSPS) is 10.9. The molecule has 0 aliphatic rings. The second kappa shape index (κ2) is 11.8. The quantitative estimate of drug-likeness (QED) is 0.336. The number of hydrazine groups is 1. The number of aryl methyl sites for hydroxylation is 2. The van der Waals surface area contributed by atoms with Crippen molar-refractivity contribution in [3.05, 3.63) is 59.7 Å². The predicted molar refractivity (Wildman–Crippen MR) is 104 cm³/mol. The van der Waals surface area contributed by atoms with Crippen LogP contribution in [0.25, 0.3) is 0 Å². The molecule has 0 aliphatic heterocycles. The van der Waals surface area contributed by atoms with Gasteiger partial charge in [-0.1, -0.05) is 42.3 Å². The number of hydrogen-bond donors (Lipinski definition) is 4. The van der Waals surface area contributed by atoms with Gasteiger partial charge in [0.2, 0.25) is 0 Å². The van der Waals surface area contributed by atoms with Crippen LogP contribution in [0.5, 0.6) is 0 Å². The Morgan fingerprint density at radius 1 is 0.778 bits per heavy atom. The van der Waals surface area contributed by atoms with E-state index in [2.05, 4.69) is 12.3 Å². The van der Waals surface area contributed by atoms with Gasteiger partial charge in [0.1, 0.15) is 0 Å². The van der Waals surface area contributed by atoms with E-state index in [1.54, 1.807) is 24.3 Å². The van der Waals surface area contributed by atoms with E-state index >= 15 is 0 Å². The maximum atomic E-state index is 10.5. The molecule has 0 amide bonds. The van der Waals surface area contributed by atoms with Gasteiger partial charge in [-0.15, -0.1) is 0 Å². The third kappa shape index (κ3) is 11.5. The summed E-state index contributed by atoms with van der Waals surface area (Å²) in [5, 5.41) is 0. The molecule has 0 spiro atoms. The van der Waals surface area contributed by atoms with E-state index in [4.69, 9.17) is 14.9 Å². The molecule has 0 aromatic heterocycles. The summed E-state index contributed by atoms with van der Waals surface area (Å²) < 4.78 is 59.1. The van der Waals surface area contributed by atoms with Gasteiger partial charge in [0.15, 0.2) is 0 Å². The molecule has 27 heavy (non-hydrogen) atoms. The lowest BCUT2D eigenvalue weighted by Crippen LogP contribution is -2.21. The molecule has 0 saturated carbocycles. The first-order chi connectivity index (χ1) is 12.4. The molecule has 0 atom stereocenters. The first-order valence-electron chi connectivity index (χ1n) is 7.93. The van der Waals surface area contributed by atoms with E-state index in [1.807, 2.05) is 13.8 Å². The van der Waals surface area contributed by atoms with E-state index in [0.717, 1.165) is 24.1 Å². The number of hydrogen-bond acceptors (Lipinski definition) is 6. The molecule has 0 aliphatic carbocycles. The van der Waals surface area contributed by atoms with Crippen molar-refractivity contribution < 1.29 is 25.9 Å². The van der Waals surface area contributed by atoms with Crippen molar-refractivity contribution in [3.63, 3.8) is 0 Å². The van der Waals surface area contributed by atoms with Crippen LogP contribution in [0.15, 0.2) is 58.3 Å². The van der Waals surface area contributed by atoms with Crippen LogP contribution in [0.1, 0.15) is 24.5 Å². The van der Waals surface area contributed by atoms with E-state index < -0.39 is 20.2 Å². The Hall–Kier alpha value is -1.82. The Kier molecular flexibility index (Phi) is 11.0. The molecule has 2 aromatic rings. The minimum Gasteiger partial charge on any atom is -0.282 e. The van der Waals surface area contributed by atoms with Crippen LogP contribution >= 0.6 is 0 Å². The summed E-state index contributed by atoms with van der Waals surface area (Å²) in [6.07, 6.45) is 1.11. The topological polar surface area (TPSA) is 147 Å². The standard InChI is InChI=1S/2C7H8O3S.C3H10N2/c2*1-6-2-4-7(5-3-6)11(8,9)10;1-2-3-5-4/h2*2-5H,1H3,(H,8,9,10);5H,2-4H2,1H3. The van der Waals surface area contributed by atoms with Crippen LogP contribution in [0.4, 0.5) is 0 Å². The zero-order valence-corrected chi connectivity index (χ0v) is 17.1. The largest absolute Gasteiger partial charge is 0.294 e. The molecule has 8 nitrogen and oxygen atoms in total. The molecule has 0 heterocycles. The fourth-order valence-corrected chi connectivity index (χ4v) is 2.52. The predicted octanol–water partition coefficient (Wildman–Crippen LogP) is 2.34. The molecular formula is C17H26N2O6S2. The van der Waals surface area contributed by atoms with E-state index in [0.29, 0.717) is 0 Å². The first-order valence-corrected chi connectivity index (χ1v) is 10.8. The SMILES string of the molecule is CCCNN.Cc1ccc(S(=O)(=O)O)cc1.Cc1ccc(S(=O)(=O)O)cc1. The monoisotopic (exact) mass is 418 g/mol. The minimum absolute atomic E-state index is 0.0666. The summed E-state index contributed by atoms with van der Waals surface area (Å²) in [7, 11) is -8.04. The molecular weight excluding hydrogens is 392 g/mol. The molecule has 0 bridgehead atoms. The Balaban J connectivity index is 0.000000405. The lowest BCUT2D eigenvalue weighted by atomic mass is 10.2. The highest BCUT2D eigenvalue weighted by molar-refractivity contribution is 7.86. The summed E-state index contributed by atoms with van der Waals surface area (Å²) in [6, 6.07) is 12.0. The zero-order chi connectivity index (χ0) is 21.1. The van der Waals surface area contributed by atoms with Crippen molar-refractivity contribution in [2.24, 2.45) is 5.84 Å². The highest BCUT2D eigenvalue weighted by Crippen LogP contribution is 2.09. The summed E-state index contributed by atoms with van der Waals surface area (Å²) in [4.78, 5) is -0.133. The molecule has 5 N–H and O–H groups in total. The van der Waals surface area contributed by atoms with Gasteiger partial charge in [0.25, 0.3) is 20.2 Å². The summed E-state index contributed by atoms with van der Waals surface area (Å²) in [5.74, 6) is 4.89. The minimum atomic E-state index is -4.02. The van der Waals surface area contributed by atoms with Crippen molar-refractivity contribution in [1.82, 2.24) is 5.43 Å². The van der Waals surface area contributed by atoms with E-state index in [1.165, 1.54) is 24.3 Å². The third-order valence-electron chi connectivity index (χ3n) is 3.03. The molecule has 0 unspecified atom stereocenters. The maximum absolute atomic E-state index is 10.5. The van der Waals surface area contributed by atoms with Crippen LogP contribution in [0.3, 0.4) is 0 Å². The van der Waals surface area contributed by atoms with Crippen molar-refractivity contribution in [2.45, 2.75) is 37.0 Å². The summed E-state index contributed by atoms with van der Waals surface area (Å²) in [6.45, 7) is 6.67. The van der Waals surface area contributed by atoms with Gasteiger partial charge < -0.3 is 0 Å². The summed E-state index contributed by atoms with van der Waals surface area (Å²) >= 11 is 0. The molecule has 152 valence electrons. The van der Waals surface area contributed by atoms with Crippen molar-refractivity contribution in [2.75, 3.05) is 6.54 Å². The number of nitrogens with two attached hydrogens (primary N) is 1. The fourth-order valence-electron chi connectivity index (χ4n) is 1.56. The highest BCUT2D eigenvalue weighted by atomic mass is 32.2. The van der Waals surface area contributed by atoms with Gasteiger partial charge in [-0.25, -0.2) is 0 Å². The average molecular weight is 419 g/mol. The zero-order valence-electron chi connectivity index (χ0n) is 15.5. The van der Waals surface area contributed by atoms with Gasteiger partial charge >= 0.3 is 0 Å². The molecule has 2 rings (SSSR count). The van der Waals surface area contributed by atoms with E-state index in [9.17, 15) is 16.8 Å².